The van der Waals surface area contributed by atoms with Gasteiger partial charge in [-0.1, -0.05) is 45.0 Å². The first-order chi connectivity index (χ1) is 23.3. The van der Waals surface area contributed by atoms with Crippen LogP contribution in [0.4, 0.5) is 10.7 Å². The molecule has 1 saturated carbocycles. The molecule has 5 rings (SSSR count). The number of fused-ring (bicyclic) bond motifs is 2. The largest absolute Gasteiger partial charge is 0.478 e. The third kappa shape index (κ3) is 9.11. The number of aromatic nitrogens is 2. The molecule has 2 heterocycles. The number of anilines is 1. The molecule has 1 saturated heterocycles. The normalized spacial score (nSPS) is 19.7. The lowest BCUT2D eigenvalue weighted by Gasteiger charge is -2.54. The first-order valence-corrected chi connectivity index (χ1v) is 18.4. The number of carboxylic acid groups (broad SMARTS) is 1. The highest BCUT2D eigenvalue weighted by atomic mass is 32.2. The summed E-state index contributed by atoms with van der Waals surface area (Å²) in [5.41, 5.74) is 2.47. The Bertz CT molecular complexity index is 1820. The van der Waals surface area contributed by atoms with E-state index in [0.717, 1.165) is 35.6 Å². The Balaban J connectivity index is 1.38. The third-order valence-corrected chi connectivity index (χ3v) is 10.3. The number of aromatic carboxylic acids is 1. The zero-order valence-electron chi connectivity index (χ0n) is 30.1. The molecule has 3 aromatic rings. The van der Waals surface area contributed by atoms with Gasteiger partial charge in [0.15, 0.2) is 0 Å². The third-order valence-electron chi connectivity index (χ3n) is 8.96. The fraction of sp³-hybridized carbons (Fsp3) is 0.514. The molecule has 2 bridgehead atoms. The number of hydrogen-bond acceptors (Lipinski definition) is 9. The highest BCUT2D eigenvalue weighted by molar-refractivity contribution is 7.92. The van der Waals surface area contributed by atoms with Crippen LogP contribution in [0.1, 0.15) is 75.9 Å². The lowest BCUT2D eigenvalue weighted by molar-refractivity contribution is -0.0409. The van der Waals surface area contributed by atoms with Crippen LogP contribution in [0, 0.1) is 31.1 Å². The summed E-state index contributed by atoms with van der Waals surface area (Å²) < 4.78 is 41.3. The number of rotatable bonds is 11. The number of carbonyl (C=O) groups is 2. The van der Waals surface area contributed by atoms with Crippen LogP contribution in [-0.2, 0) is 14.8 Å². The molecule has 50 heavy (non-hydrogen) atoms. The second kappa shape index (κ2) is 14.2. The van der Waals surface area contributed by atoms with Crippen molar-refractivity contribution >= 4 is 28.0 Å². The lowest BCUT2D eigenvalue weighted by Crippen LogP contribution is -2.66. The monoisotopic (exact) mass is 707 g/mol. The van der Waals surface area contributed by atoms with Crippen LogP contribution in [0.25, 0.3) is 11.3 Å². The molecule has 0 radical (unpaired) electrons. The predicted octanol–water partition coefficient (Wildman–Crippen LogP) is 6.29. The number of nitrogens with one attached hydrogen (secondary N) is 2. The Morgan fingerprint density at radius 2 is 1.62 bits per heavy atom. The number of carbonyl (C=O) groups excluding carboxylic acids is 1. The molecule has 1 aromatic heterocycles. The average Bonchev–Trinajstić information content (AvgIpc) is 3.00. The maximum absolute atomic E-state index is 13.4. The molecule has 13 heteroatoms. The minimum Gasteiger partial charge on any atom is -0.478 e. The smallest absolute Gasteiger partial charge is 0.410 e. The van der Waals surface area contributed by atoms with Crippen LogP contribution < -0.4 is 14.8 Å². The molecule has 2 unspecified atom stereocenters. The van der Waals surface area contributed by atoms with Crippen LogP contribution in [0.15, 0.2) is 53.4 Å². The average molecular weight is 708 g/mol. The summed E-state index contributed by atoms with van der Waals surface area (Å²) in [5.74, 6) is -0.634. The van der Waals surface area contributed by atoms with Gasteiger partial charge in [-0.3, -0.25) is 0 Å². The van der Waals surface area contributed by atoms with E-state index in [1.165, 1.54) is 18.2 Å². The Kier molecular flexibility index (Phi) is 10.5. The summed E-state index contributed by atoms with van der Waals surface area (Å²) in [4.78, 5) is 34.9. The van der Waals surface area contributed by atoms with Gasteiger partial charge in [-0.15, -0.1) is 0 Å². The van der Waals surface area contributed by atoms with Crippen LogP contribution >= 0.6 is 0 Å². The van der Waals surface area contributed by atoms with E-state index in [0.29, 0.717) is 30.6 Å². The van der Waals surface area contributed by atoms with Gasteiger partial charge in [-0.05, 0) is 94.0 Å². The zero-order valence-corrected chi connectivity index (χ0v) is 30.9. The molecule has 3 N–H and O–H groups in total. The molecule has 1 aliphatic carbocycles. The zero-order chi connectivity index (χ0) is 36.6. The van der Waals surface area contributed by atoms with Gasteiger partial charge in [-0.25, -0.2) is 27.7 Å². The molecule has 2 aromatic carbocycles. The number of hydrogen-bond donors (Lipinski definition) is 3. The van der Waals surface area contributed by atoms with E-state index < -0.39 is 21.6 Å². The summed E-state index contributed by atoms with van der Waals surface area (Å²) >= 11 is 0. The quantitative estimate of drug-likeness (QED) is 0.207. The van der Waals surface area contributed by atoms with Gasteiger partial charge in [0, 0.05) is 36.8 Å². The molecular weight excluding hydrogens is 659 g/mol. The molecule has 270 valence electrons. The molecule has 2 aliphatic rings. The fourth-order valence-electron chi connectivity index (χ4n) is 6.87. The first kappa shape index (κ1) is 37.0. The number of likely N-dealkylation sites (tertiary alicyclic amines) is 1. The van der Waals surface area contributed by atoms with E-state index in [1.807, 2.05) is 57.7 Å². The van der Waals surface area contributed by atoms with Gasteiger partial charge < -0.3 is 24.8 Å². The van der Waals surface area contributed by atoms with Crippen LogP contribution in [0.5, 0.6) is 5.88 Å². The topological polar surface area (TPSA) is 160 Å². The molecule has 2 fully saturated rings. The van der Waals surface area contributed by atoms with E-state index in [9.17, 15) is 23.1 Å². The number of piperidine rings is 2. The van der Waals surface area contributed by atoms with Crippen molar-refractivity contribution in [1.82, 2.24) is 20.2 Å². The highest BCUT2D eigenvalue weighted by Crippen LogP contribution is 2.41. The SMILES string of the molecule is Cc1cccc(C)c1-c1cc(OC[C@@H](CC(C)(C)C)NC2C3CC2CN(C(=O)OC(C)(C)C)C3)nc(NS(=O)(=O)c2cccc(C(=O)O)c2)n1. The number of nitrogens with zero attached hydrogens (tertiary/aromatic N) is 3. The number of aryl methyl sites for hydroxylation is 2. The van der Waals surface area contributed by atoms with Crippen LogP contribution in [-0.4, -0.2) is 77.8 Å². The van der Waals surface area contributed by atoms with Crippen molar-refractivity contribution in [3.8, 4) is 17.1 Å². The number of amides is 1. The van der Waals surface area contributed by atoms with Crippen molar-refractivity contribution in [2.24, 2.45) is 17.3 Å². The minimum atomic E-state index is -4.25. The minimum absolute atomic E-state index is 0.0250. The van der Waals surface area contributed by atoms with Gasteiger partial charge in [0.1, 0.15) is 12.2 Å². The number of benzene rings is 2. The Labute approximate surface area is 295 Å². The summed E-state index contributed by atoms with van der Waals surface area (Å²) in [7, 11) is -4.25. The summed E-state index contributed by atoms with van der Waals surface area (Å²) in [6, 6.07) is 12.8. The second-order valence-electron chi connectivity index (χ2n) is 15.7. The second-order valence-corrected chi connectivity index (χ2v) is 17.4. The summed E-state index contributed by atoms with van der Waals surface area (Å²) in [6.07, 6.45) is 1.57. The standard InChI is InChI=1S/C37H49N5O7S/c1-22-11-9-12-23(2)31(22)29-17-30(40-34(39-29)41-50(46,47)28-14-10-13-24(16-28)33(43)44)48-21-27(18-36(3,4)5)38-32-25-15-26(32)20-42(19-25)35(45)49-37(6,7)8/h9-14,16-17,25-27,32,38H,15,18-21H2,1-8H3,(H,43,44)(H,39,40,41)/t25?,26?,27-,32?/m1/s1. The van der Waals surface area contributed by atoms with Crippen LogP contribution in [0.2, 0.25) is 0 Å². The molecule has 1 amide bonds. The fourth-order valence-corrected chi connectivity index (χ4v) is 7.85. The van der Waals surface area contributed by atoms with Crippen molar-refractivity contribution in [3.63, 3.8) is 0 Å². The van der Waals surface area contributed by atoms with Gasteiger partial charge in [-0.2, -0.15) is 4.98 Å². The molecule has 1 aliphatic heterocycles. The van der Waals surface area contributed by atoms with Crippen LogP contribution in [0.3, 0.4) is 0 Å². The highest BCUT2D eigenvalue weighted by Gasteiger charge is 2.49. The Hall–Kier alpha value is -4.23. The molecule has 12 nitrogen and oxygen atoms in total. The number of sulfonamides is 1. The maximum Gasteiger partial charge on any atom is 0.410 e. The van der Waals surface area contributed by atoms with Crippen molar-refractivity contribution in [2.45, 2.75) is 90.8 Å². The van der Waals surface area contributed by atoms with Crippen molar-refractivity contribution in [1.29, 1.82) is 0 Å². The van der Waals surface area contributed by atoms with Crippen molar-refractivity contribution in [3.05, 3.63) is 65.2 Å². The van der Waals surface area contributed by atoms with Gasteiger partial charge >= 0.3 is 12.1 Å². The molecule has 0 spiro atoms. The summed E-state index contributed by atoms with van der Waals surface area (Å²) in [6.45, 7) is 17.6. The van der Waals surface area contributed by atoms with Crippen molar-refractivity contribution in [2.75, 3.05) is 24.4 Å². The van der Waals surface area contributed by atoms with E-state index in [2.05, 4.69) is 40.8 Å². The number of carboxylic acids is 1. The van der Waals surface area contributed by atoms with E-state index in [-0.39, 0.29) is 52.5 Å². The predicted molar refractivity (Wildman–Crippen MR) is 191 cm³/mol. The van der Waals surface area contributed by atoms with Gasteiger partial charge in [0.25, 0.3) is 10.0 Å². The van der Waals surface area contributed by atoms with E-state index in [1.54, 1.807) is 6.07 Å². The first-order valence-electron chi connectivity index (χ1n) is 17.0. The maximum atomic E-state index is 13.4. The Morgan fingerprint density at radius 1 is 0.980 bits per heavy atom. The van der Waals surface area contributed by atoms with E-state index in [4.69, 9.17) is 9.47 Å². The van der Waals surface area contributed by atoms with E-state index >= 15 is 0 Å². The summed E-state index contributed by atoms with van der Waals surface area (Å²) in [5, 5.41) is 13.2. The van der Waals surface area contributed by atoms with Gasteiger partial charge in [0.05, 0.1) is 16.2 Å². The lowest BCUT2D eigenvalue weighted by atomic mass is 9.66. The number of ether oxygens (including phenoxy) is 2. The molecular formula is C37H49N5O7S. The van der Waals surface area contributed by atoms with Gasteiger partial charge in [0.2, 0.25) is 11.8 Å². The Morgan fingerprint density at radius 3 is 2.22 bits per heavy atom. The molecule has 3 atom stereocenters. The van der Waals surface area contributed by atoms with Crippen molar-refractivity contribution < 1.29 is 32.6 Å².